The van der Waals surface area contributed by atoms with Gasteiger partial charge in [-0.15, -0.1) is 0 Å². The molecule has 0 fully saturated rings. The fraction of sp³-hybridized carbons (Fsp3) is 0.133. The lowest BCUT2D eigenvalue weighted by Crippen LogP contribution is -2.41. The molecule has 0 atom stereocenters. The Morgan fingerprint density at radius 3 is 2.22 bits per heavy atom. The monoisotopic (exact) mass is 372 g/mol. The van der Waals surface area contributed by atoms with E-state index < -0.39 is 22.5 Å². The molecule has 0 amide bonds. The predicted octanol–water partition coefficient (Wildman–Crippen LogP) is 2.25. The second-order valence-corrected chi connectivity index (χ2v) is 7.47. The summed E-state index contributed by atoms with van der Waals surface area (Å²) in [5.74, 6) is -1.54. The molecular formula is C15H12Cl2NO4S-. The number of sulfonamides is 1. The van der Waals surface area contributed by atoms with Crippen LogP contribution in [0.4, 0.5) is 5.69 Å². The highest BCUT2D eigenvalue weighted by atomic mass is 35.5. The van der Waals surface area contributed by atoms with Crippen LogP contribution in [0.1, 0.15) is 5.56 Å². The van der Waals surface area contributed by atoms with Crippen molar-refractivity contribution in [3.05, 3.63) is 58.1 Å². The first-order valence-electron chi connectivity index (χ1n) is 6.46. The Morgan fingerprint density at radius 1 is 1.09 bits per heavy atom. The van der Waals surface area contributed by atoms with Crippen molar-refractivity contribution in [1.29, 1.82) is 0 Å². The molecule has 5 nitrogen and oxygen atoms in total. The first kappa shape index (κ1) is 17.6. The molecule has 0 aliphatic rings. The molecule has 0 aliphatic heterocycles. The Bertz CT molecular complexity index is 835. The number of aliphatic carboxylic acids is 1. The zero-order valence-corrected chi connectivity index (χ0v) is 14.3. The van der Waals surface area contributed by atoms with Crippen molar-refractivity contribution in [3.63, 3.8) is 0 Å². The topological polar surface area (TPSA) is 77.5 Å². The number of anilines is 1. The summed E-state index contributed by atoms with van der Waals surface area (Å²) in [4.78, 5) is 11.0. The van der Waals surface area contributed by atoms with Crippen LogP contribution in [0.3, 0.4) is 0 Å². The number of benzene rings is 2. The van der Waals surface area contributed by atoms with Gasteiger partial charge in [-0.3, -0.25) is 4.31 Å². The van der Waals surface area contributed by atoms with Gasteiger partial charge in [-0.05, 0) is 37.3 Å². The average molecular weight is 373 g/mol. The van der Waals surface area contributed by atoms with Crippen LogP contribution in [0.2, 0.25) is 10.0 Å². The molecule has 0 saturated carbocycles. The first-order valence-corrected chi connectivity index (χ1v) is 8.66. The smallest absolute Gasteiger partial charge is 0.264 e. The van der Waals surface area contributed by atoms with E-state index in [0.717, 1.165) is 9.87 Å². The quantitative estimate of drug-likeness (QED) is 0.806. The fourth-order valence-corrected chi connectivity index (χ4v) is 3.60. The maximum absolute atomic E-state index is 12.7. The van der Waals surface area contributed by atoms with Gasteiger partial charge in [0.25, 0.3) is 10.0 Å². The number of nitrogens with zero attached hydrogens (tertiary/aromatic N) is 1. The number of aryl methyl sites for hydroxylation is 1. The number of carboxylic acids is 1. The molecule has 2 aromatic carbocycles. The maximum atomic E-state index is 12.7. The van der Waals surface area contributed by atoms with Gasteiger partial charge in [0.15, 0.2) is 0 Å². The van der Waals surface area contributed by atoms with Crippen LogP contribution >= 0.6 is 23.2 Å². The summed E-state index contributed by atoms with van der Waals surface area (Å²) in [5.41, 5.74) is 0.967. The number of halogens is 2. The van der Waals surface area contributed by atoms with Crippen molar-refractivity contribution in [2.24, 2.45) is 0 Å². The summed E-state index contributed by atoms with van der Waals surface area (Å²) < 4.78 is 26.2. The van der Waals surface area contributed by atoms with Crippen molar-refractivity contribution < 1.29 is 18.3 Å². The van der Waals surface area contributed by atoms with Crippen LogP contribution in [0.15, 0.2) is 47.4 Å². The van der Waals surface area contributed by atoms with E-state index in [0.29, 0.717) is 0 Å². The average Bonchev–Trinajstić information content (AvgIpc) is 2.48. The standard InChI is InChI=1S/C15H13Cl2NO4S/c1-10-2-5-12(6-3-10)23(21,22)18(9-15(19)20)11-4-7-13(16)14(17)8-11/h2-8H,9H2,1H3,(H,19,20)/p-1. The van der Waals surface area contributed by atoms with Gasteiger partial charge in [0.05, 0.1) is 33.1 Å². The summed E-state index contributed by atoms with van der Waals surface area (Å²) in [6.45, 7) is 0.975. The lowest BCUT2D eigenvalue weighted by molar-refractivity contribution is -0.303. The Balaban J connectivity index is 2.55. The minimum absolute atomic E-state index is 0.0320. The summed E-state index contributed by atoms with van der Waals surface area (Å²) in [6.07, 6.45) is 0. The number of hydrogen-bond acceptors (Lipinski definition) is 4. The molecule has 0 aromatic heterocycles. The van der Waals surface area contributed by atoms with E-state index in [9.17, 15) is 18.3 Å². The number of hydrogen-bond donors (Lipinski definition) is 0. The van der Waals surface area contributed by atoms with Gasteiger partial charge in [-0.2, -0.15) is 0 Å². The Morgan fingerprint density at radius 2 is 1.70 bits per heavy atom. The molecule has 8 heteroatoms. The van der Waals surface area contributed by atoms with Crippen LogP contribution in [0, 0.1) is 6.92 Å². The van der Waals surface area contributed by atoms with E-state index in [1.807, 2.05) is 6.92 Å². The van der Waals surface area contributed by atoms with Crippen molar-refractivity contribution in [3.8, 4) is 0 Å². The third-order valence-corrected chi connectivity index (χ3v) is 5.60. The molecule has 0 aliphatic carbocycles. The largest absolute Gasteiger partial charge is 0.548 e. The van der Waals surface area contributed by atoms with Crippen molar-refractivity contribution in [2.75, 3.05) is 10.8 Å². The van der Waals surface area contributed by atoms with Crippen molar-refractivity contribution in [1.82, 2.24) is 0 Å². The Labute approximate surface area is 144 Å². The van der Waals surface area contributed by atoms with Gasteiger partial charge in [-0.25, -0.2) is 8.42 Å². The third-order valence-electron chi connectivity index (χ3n) is 3.07. The van der Waals surface area contributed by atoms with Gasteiger partial charge >= 0.3 is 0 Å². The highest BCUT2D eigenvalue weighted by molar-refractivity contribution is 7.92. The van der Waals surface area contributed by atoms with E-state index in [2.05, 4.69) is 0 Å². The van der Waals surface area contributed by atoms with Crippen molar-refractivity contribution >= 4 is 44.9 Å². The van der Waals surface area contributed by atoms with Crippen LogP contribution in [-0.4, -0.2) is 20.9 Å². The maximum Gasteiger partial charge on any atom is 0.264 e. The summed E-state index contributed by atoms with van der Waals surface area (Å²) in [7, 11) is -4.08. The normalized spacial score (nSPS) is 11.3. The molecule has 0 bridgehead atoms. The van der Waals surface area contributed by atoms with E-state index in [4.69, 9.17) is 23.2 Å². The zero-order chi connectivity index (χ0) is 17.2. The van der Waals surface area contributed by atoms with E-state index in [-0.39, 0.29) is 20.6 Å². The molecule has 0 radical (unpaired) electrons. The second kappa shape index (κ2) is 6.78. The third kappa shape index (κ3) is 3.96. The number of carbonyl (C=O) groups is 1. The molecule has 23 heavy (non-hydrogen) atoms. The van der Waals surface area contributed by atoms with Gasteiger partial charge in [-0.1, -0.05) is 40.9 Å². The van der Waals surface area contributed by atoms with Crippen LogP contribution in [0.25, 0.3) is 0 Å². The van der Waals surface area contributed by atoms with E-state index in [1.165, 1.54) is 30.3 Å². The minimum Gasteiger partial charge on any atom is -0.548 e. The Kier molecular flexibility index (Phi) is 5.19. The predicted molar refractivity (Wildman–Crippen MR) is 87.2 cm³/mol. The second-order valence-electron chi connectivity index (χ2n) is 4.80. The lowest BCUT2D eigenvalue weighted by Gasteiger charge is -2.25. The number of rotatable bonds is 5. The lowest BCUT2D eigenvalue weighted by atomic mass is 10.2. The molecule has 122 valence electrons. The molecule has 0 N–H and O–H groups in total. The summed E-state index contributed by atoms with van der Waals surface area (Å²) in [5, 5.41) is 11.3. The fourth-order valence-electron chi connectivity index (χ4n) is 1.91. The van der Waals surface area contributed by atoms with E-state index in [1.54, 1.807) is 12.1 Å². The number of carboxylic acid groups (broad SMARTS) is 1. The Hall–Kier alpha value is -1.76. The van der Waals surface area contributed by atoms with Crippen molar-refractivity contribution in [2.45, 2.75) is 11.8 Å². The van der Waals surface area contributed by atoms with Crippen LogP contribution in [-0.2, 0) is 14.8 Å². The molecule has 2 aromatic rings. The highest BCUT2D eigenvalue weighted by Crippen LogP contribution is 2.30. The van der Waals surface area contributed by atoms with Gasteiger partial charge < -0.3 is 9.90 Å². The first-order chi connectivity index (χ1) is 10.7. The molecule has 0 spiro atoms. The van der Waals surface area contributed by atoms with Gasteiger partial charge in [0, 0.05) is 0 Å². The highest BCUT2D eigenvalue weighted by Gasteiger charge is 2.25. The summed E-state index contributed by atoms with van der Waals surface area (Å²) in [6, 6.07) is 10.1. The SMILES string of the molecule is Cc1ccc(S(=O)(=O)N(CC(=O)[O-])c2ccc(Cl)c(Cl)c2)cc1. The van der Waals surface area contributed by atoms with Crippen LogP contribution < -0.4 is 9.41 Å². The molecular weight excluding hydrogens is 361 g/mol. The van der Waals surface area contributed by atoms with Gasteiger partial charge in [0.2, 0.25) is 0 Å². The molecule has 2 rings (SSSR count). The number of carbonyl (C=O) groups excluding carboxylic acids is 1. The molecule has 0 saturated heterocycles. The zero-order valence-electron chi connectivity index (χ0n) is 12.0. The van der Waals surface area contributed by atoms with E-state index >= 15 is 0 Å². The molecule has 0 unspecified atom stereocenters. The minimum atomic E-state index is -4.08. The molecule has 0 heterocycles. The van der Waals surface area contributed by atoms with Crippen LogP contribution in [0.5, 0.6) is 0 Å². The summed E-state index contributed by atoms with van der Waals surface area (Å²) >= 11 is 11.7. The van der Waals surface area contributed by atoms with Gasteiger partial charge in [0.1, 0.15) is 0 Å².